The van der Waals surface area contributed by atoms with Gasteiger partial charge in [-0.2, -0.15) is 0 Å². The van der Waals surface area contributed by atoms with Gasteiger partial charge < -0.3 is 19.7 Å². The van der Waals surface area contributed by atoms with Gasteiger partial charge in [0.2, 0.25) is 0 Å². The number of amides is 1. The lowest BCUT2D eigenvalue weighted by atomic mass is 9.97. The van der Waals surface area contributed by atoms with Crippen LogP contribution in [0.2, 0.25) is 0 Å². The molecular weight excluding hydrogens is 292 g/mol. The van der Waals surface area contributed by atoms with Crippen molar-refractivity contribution >= 4 is 6.09 Å². The van der Waals surface area contributed by atoms with E-state index in [2.05, 4.69) is 11.4 Å². The van der Waals surface area contributed by atoms with Gasteiger partial charge in [-0.15, -0.1) is 0 Å². The molecule has 1 N–H and O–H groups in total. The number of nitrogens with one attached hydrogen (secondary N) is 1. The number of hydrogen-bond acceptors (Lipinski definition) is 4. The Balaban J connectivity index is 1.50. The Labute approximate surface area is 139 Å². The van der Waals surface area contributed by atoms with Gasteiger partial charge in [-0.05, 0) is 65.4 Å². The molecule has 1 amide bonds. The quantitative estimate of drug-likeness (QED) is 0.867. The summed E-state index contributed by atoms with van der Waals surface area (Å²) in [6.07, 6.45) is 10.5. The van der Waals surface area contributed by atoms with Crippen molar-refractivity contribution in [3.63, 3.8) is 0 Å². The van der Waals surface area contributed by atoms with Crippen LogP contribution < -0.4 is 5.32 Å². The van der Waals surface area contributed by atoms with Crippen molar-refractivity contribution in [2.24, 2.45) is 0 Å². The third-order valence-corrected chi connectivity index (χ3v) is 4.99. The summed E-state index contributed by atoms with van der Waals surface area (Å²) in [4.78, 5) is 14.4. The van der Waals surface area contributed by atoms with E-state index in [-0.39, 0.29) is 6.09 Å². The summed E-state index contributed by atoms with van der Waals surface area (Å²) in [5.41, 5.74) is -0.419. The standard InChI is InChI=1S/C18H30N2O3/c1-18(2,3)23-17(21)20-14-7-8-15(20)11-13(10-14)19-12-16-6-4-5-9-22-16/h5,9,13-16,19H,4,6-8,10-12H2,1-3H3. The highest BCUT2D eigenvalue weighted by atomic mass is 16.6. The summed E-state index contributed by atoms with van der Waals surface area (Å²) in [7, 11) is 0. The number of hydrogen-bond donors (Lipinski definition) is 1. The lowest BCUT2D eigenvalue weighted by Crippen LogP contribution is -2.53. The maximum atomic E-state index is 12.4. The zero-order valence-corrected chi connectivity index (χ0v) is 14.6. The largest absolute Gasteiger partial charge is 0.497 e. The van der Waals surface area contributed by atoms with Gasteiger partial charge in [-0.3, -0.25) is 0 Å². The number of ether oxygens (including phenoxy) is 2. The molecule has 5 heteroatoms. The van der Waals surface area contributed by atoms with Crippen molar-refractivity contribution in [2.45, 2.75) is 89.1 Å². The first-order valence-electron chi connectivity index (χ1n) is 8.97. The van der Waals surface area contributed by atoms with Crippen LogP contribution >= 0.6 is 0 Å². The number of fused-ring (bicyclic) bond motifs is 2. The molecule has 23 heavy (non-hydrogen) atoms. The maximum Gasteiger partial charge on any atom is 0.410 e. The Morgan fingerprint density at radius 1 is 1.26 bits per heavy atom. The van der Waals surface area contributed by atoms with E-state index in [1.165, 1.54) is 0 Å². The molecule has 0 aromatic heterocycles. The predicted molar refractivity (Wildman–Crippen MR) is 89.2 cm³/mol. The van der Waals surface area contributed by atoms with Crippen LogP contribution in [0.5, 0.6) is 0 Å². The predicted octanol–water partition coefficient (Wildman–Crippen LogP) is 3.20. The zero-order valence-electron chi connectivity index (χ0n) is 14.6. The third-order valence-electron chi connectivity index (χ3n) is 4.99. The van der Waals surface area contributed by atoms with Crippen LogP contribution in [0.1, 0.15) is 59.3 Å². The molecule has 0 aliphatic carbocycles. The monoisotopic (exact) mass is 322 g/mol. The van der Waals surface area contributed by atoms with E-state index in [1.807, 2.05) is 31.9 Å². The highest BCUT2D eigenvalue weighted by Gasteiger charge is 2.44. The SMILES string of the molecule is CC(C)(C)OC(=O)N1C2CCC1CC(NCC1CCC=CO1)C2. The normalized spacial score (nSPS) is 33.4. The lowest BCUT2D eigenvalue weighted by Gasteiger charge is -2.40. The lowest BCUT2D eigenvalue weighted by molar-refractivity contribution is 0.00397. The number of carbonyl (C=O) groups excluding carboxylic acids is 1. The fourth-order valence-corrected chi connectivity index (χ4v) is 3.99. The van der Waals surface area contributed by atoms with E-state index in [9.17, 15) is 4.79 Å². The minimum atomic E-state index is -0.419. The maximum absolute atomic E-state index is 12.4. The van der Waals surface area contributed by atoms with Gasteiger partial charge in [0.1, 0.15) is 11.7 Å². The molecule has 0 aromatic rings. The van der Waals surface area contributed by atoms with E-state index in [4.69, 9.17) is 9.47 Å². The number of allylic oxidation sites excluding steroid dienone is 1. The second-order valence-electron chi connectivity index (χ2n) is 8.06. The van der Waals surface area contributed by atoms with Crippen LogP contribution in [0, 0.1) is 0 Å². The highest BCUT2D eigenvalue weighted by molar-refractivity contribution is 5.69. The van der Waals surface area contributed by atoms with Gasteiger partial charge >= 0.3 is 6.09 Å². The summed E-state index contributed by atoms with van der Waals surface area (Å²) in [5.74, 6) is 0. The molecule has 2 fully saturated rings. The van der Waals surface area contributed by atoms with Gasteiger partial charge in [0.15, 0.2) is 0 Å². The van der Waals surface area contributed by atoms with Crippen LogP contribution in [-0.4, -0.2) is 47.4 Å². The first-order chi connectivity index (χ1) is 10.9. The summed E-state index contributed by atoms with van der Waals surface area (Å²) >= 11 is 0. The molecular formula is C18H30N2O3. The molecule has 2 saturated heterocycles. The van der Waals surface area contributed by atoms with E-state index >= 15 is 0 Å². The van der Waals surface area contributed by atoms with Crippen molar-refractivity contribution in [1.29, 1.82) is 0 Å². The van der Waals surface area contributed by atoms with Crippen molar-refractivity contribution < 1.29 is 14.3 Å². The second-order valence-corrected chi connectivity index (χ2v) is 8.06. The average molecular weight is 322 g/mol. The van der Waals surface area contributed by atoms with E-state index in [1.54, 1.807) is 0 Å². The summed E-state index contributed by atoms with van der Waals surface area (Å²) < 4.78 is 11.2. The molecule has 0 aromatic carbocycles. The first-order valence-corrected chi connectivity index (χ1v) is 8.97. The van der Waals surface area contributed by atoms with Gasteiger partial charge in [0.05, 0.1) is 6.26 Å². The van der Waals surface area contributed by atoms with Crippen molar-refractivity contribution in [3.05, 3.63) is 12.3 Å². The Morgan fingerprint density at radius 2 is 1.96 bits per heavy atom. The Hall–Kier alpha value is -1.23. The van der Waals surface area contributed by atoms with Crippen LogP contribution in [0.15, 0.2) is 12.3 Å². The molecule has 130 valence electrons. The molecule has 2 bridgehead atoms. The third kappa shape index (κ3) is 4.19. The van der Waals surface area contributed by atoms with Gasteiger partial charge in [0.25, 0.3) is 0 Å². The molecule has 0 spiro atoms. The van der Waals surface area contributed by atoms with Crippen molar-refractivity contribution in [3.8, 4) is 0 Å². The number of rotatable bonds is 3. The summed E-state index contributed by atoms with van der Waals surface area (Å²) in [6, 6.07) is 1.14. The molecule has 0 radical (unpaired) electrons. The minimum absolute atomic E-state index is 0.135. The number of nitrogens with zero attached hydrogens (tertiary/aromatic N) is 1. The topological polar surface area (TPSA) is 50.8 Å². The van der Waals surface area contributed by atoms with Crippen LogP contribution in [0.4, 0.5) is 4.79 Å². The smallest absolute Gasteiger partial charge is 0.410 e. The summed E-state index contributed by atoms with van der Waals surface area (Å²) in [5, 5.41) is 3.66. The van der Waals surface area contributed by atoms with Gasteiger partial charge in [-0.1, -0.05) is 0 Å². The molecule has 0 saturated carbocycles. The molecule has 3 atom stereocenters. The van der Waals surface area contributed by atoms with E-state index < -0.39 is 5.60 Å². The fourth-order valence-electron chi connectivity index (χ4n) is 3.99. The van der Waals surface area contributed by atoms with Crippen molar-refractivity contribution in [2.75, 3.05) is 6.54 Å². The minimum Gasteiger partial charge on any atom is -0.497 e. The van der Waals surface area contributed by atoms with Crippen LogP contribution in [0.3, 0.4) is 0 Å². The fraction of sp³-hybridized carbons (Fsp3) is 0.833. The Kier molecular flexibility index (Phi) is 4.85. The molecule has 3 unspecified atom stereocenters. The van der Waals surface area contributed by atoms with E-state index in [0.717, 1.165) is 45.1 Å². The van der Waals surface area contributed by atoms with Crippen molar-refractivity contribution in [1.82, 2.24) is 10.2 Å². The first kappa shape index (κ1) is 16.6. The zero-order chi connectivity index (χ0) is 16.4. The van der Waals surface area contributed by atoms with Crippen LogP contribution in [0.25, 0.3) is 0 Å². The molecule has 3 aliphatic rings. The Bertz CT molecular complexity index is 444. The van der Waals surface area contributed by atoms with Gasteiger partial charge in [-0.25, -0.2) is 4.79 Å². The van der Waals surface area contributed by atoms with Gasteiger partial charge in [0, 0.05) is 24.7 Å². The number of piperidine rings is 1. The average Bonchev–Trinajstić information content (AvgIpc) is 2.76. The van der Waals surface area contributed by atoms with E-state index in [0.29, 0.717) is 24.2 Å². The Morgan fingerprint density at radius 3 is 2.52 bits per heavy atom. The molecule has 5 nitrogen and oxygen atoms in total. The van der Waals surface area contributed by atoms with Crippen LogP contribution in [-0.2, 0) is 9.47 Å². The highest BCUT2D eigenvalue weighted by Crippen LogP contribution is 2.36. The molecule has 3 rings (SSSR count). The number of carbonyl (C=O) groups is 1. The second kappa shape index (κ2) is 6.71. The molecule has 3 aliphatic heterocycles. The molecule has 3 heterocycles. The summed E-state index contributed by atoms with van der Waals surface area (Å²) in [6.45, 7) is 6.69.